The van der Waals surface area contributed by atoms with E-state index in [1.165, 1.54) is 5.56 Å². The molecule has 2 amide bonds. The highest BCUT2D eigenvalue weighted by Gasteiger charge is 2.06. The molecule has 0 aliphatic rings. The lowest BCUT2D eigenvalue weighted by atomic mass is 10.1. The van der Waals surface area contributed by atoms with E-state index in [9.17, 15) is 4.79 Å². The lowest BCUT2D eigenvalue weighted by Crippen LogP contribution is -2.34. The summed E-state index contributed by atoms with van der Waals surface area (Å²) < 4.78 is 0. The molecule has 116 valence electrons. The van der Waals surface area contributed by atoms with Gasteiger partial charge < -0.3 is 10.6 Å². The summed E-state index contributed by atoms with van der Waals surface area (Å²) >= 11 is 0. The highest BCUT2D eigenvalue weighted by molar-refractivity contribution is 5.88. The number of aromatic nitrogens is 1. The summed E-state index contributed by atoms with van der Waals surface area (Å²) in [7, 11) is 0. The van der Waals surface area contributed by atoms with Crippen molar-refractivity contribution in [1.29, 1.82) is 0 Å². The van der Waals surface area contributed by atoms with Gasteiger partial charge >= 0.3 is 6.03 Å². The van der Waals surface area contributed by atoms with Crippen LogP contribution in [-0.4, -0.2) is 17.1 Å². The van der Waals surface area contributed by atoms with E-state index in [-0.39, 0.29) is 18.1 Å². The van der Waals surface area contributed by atoms with Crippen LogP contribution in [0.15, 0.2) is 48.7 Å². The van der Waals surface area contributed by atoms with Gasteiger partial charge in [-0.15, -0.1) is 0 Å². The summed E-state index contributed by atoms with van der Waals surface area (Å²) in [5.41, 5.74) is 2.12. The summed E-state index contributed by atoms with van der Waals surface area (Å²) in [6.07, 6.45) is 1.71. The molecule has 5 nitrogen and oxygen atoms in total. The molecular weight excluding hydrogens is 276 g/mol. The second-order valence-corrected chi connectivity index (χ2v) is 5.46. The number of anilines is 2. The monoisotopic (exact) mass is 298 g/mol. The Hall–Kier alpha value is -2.56. The van der Waals surface area contributed by atoms with Crippen molar-refractivity contribution in [2.24, 2.45) is 0 Å². The maximum atomic E-state index is 11.6. The standard InChI is InChI=1S/C17H22N4O/c1-12(2)19-17(22)21-16-10-9-15(11-18-16)20-13(3)14-7-5-4-6-8-14/h4-13,20H,1-3H3,(H2,18,19,21,22). The van der Waals surface area contributed by atoms with Crippen molar-refractivity contribution < 1.29 is 4.79 Å². The molecule has 0 spiro atoms. The number of carbonyl (C=O) groups excluding carboxylic acids is 1. The molecule has 2 aromatic rings. The molecule has 0 fully saturated rings. The van der Waals surface area contributed by atoms with Crippen molar-refractivity contribution in [3.05, 3.63) is 54.2 Å². The topological polar surface area (TPSA) is 66.1 Å². The van der Waals surface area contributed by atoms with Crippen LogP contribution in [0, 0.1) is 0 Å². The SMILES string of the molecule is CC(C)NC(=O)Nc1ccc(NC(C)c2ccccc2)cn1. The molecule has 0 saturated carbocycles. The van der Waals surface area contributed by atoms with Crippen molar-refractivity contribution in [1.82, 2.24) is 10.3 Å². The lowest BCUT2D eigenvalue weighted by molar-refractivity contribution is 0.250. The molecule has 0 aliphatic carbocycles. The average Bonchev–Trinajstić information content (AvgIpc) is 2.49. The number of nitrogens with zero attached hydrogens (tertiary/aromatic N) is 1. The number of nitrogens with one attached hydrogen (secondary N) is 3. The van der Waals surface area contributed by atoms with Crippen molar-refractivity contribution >= 4 is 17.5 Å². The number of benzene rings is 1. The Morgan fingerprint density at radius 2 is 1.77 bits per heavy atom. The van der Waals surface area contributed by atoms with Crippen molar-refractivity contribution in [2.75, 3.05) is 10.6 Å². The van der Waals surface area contributed by atoms with Crippen LogP contribution in [0.2, 0.25) is 0 Å². The predicted molar refractivity (Wildman–Crippen MR) is 90.0 cm³/mol. The first-order valence-corrected chi connectivity index (χ1v) is 7.39. The molecule has 2 rings (SSSR count). The molecule has 1 unspecified atom stereocenters. The molecule has 3 N–H and O–H groups in total. The zero-order valence-electron chi connectivity index (χ0n) is 13.1. The third-order valence-electron chi connectivity index (χ3n) is 3.11. The second-order valence-electron chi connectivity index (χ2n) is 5.46. The van der Waals surface area contributed by atoms with E-state index in [2.05, 4.69) is 40.0 Å². The van der Waals surface area contributed by atoms with E-state index < -0.39 is 0 Å². The van der Waals surface area contributed by atoms with Gasteiger partial charge in [-0.3, -0.25) is 5.32 Å². The van der Waals surface area contributed by atoms with Crippen LogP contribution in [0.5, 0.6) is 0 Å². The zero-order chi connectivity index (χ0) is 15.9. The van der Waals surface area contributed by atoms with Gasteiger partial charge in [0.2, 0.25) is 0 Å². The Kier molecular flexibility index (Phi) is 5.36. The van der Waals surface area contributed by atoms with Crippen LogP contribution < -0.4 is 16.0 Å². The number of carbonyl (C=O) groups is 1. The molecule has 1 aromatic carbocycles. The number of amides is 2. The van der Waals surface area contributed by atoms with Gasteiger partial charge in [0, 0.05) is 12.1 Å². The van der Waals surface area contributed by atoms with E-state index in [1.807, 2.05) is 38.1 Å². The van der Waals surface area contributed by atoms with E-state index in [1.54, 1.807) is 12.3 Å². The summed E-state index contributed by atoms with van der Waals surface area (Å²) in [6, 6.07) is 13.9. The van der Waals surface area contributed by atoms with Crippen LogP contribution in [0.3, 0.4) is 0 Å². The van der Waals surface area contributed by atoms with Gasteiger partial charge in [0.25, 0.3) is 0 Å². The van der Waals surface area contributed by atoms with Gasteiger partial charge in [-0.2, -0.15) is 0 Å². The minimum atomic E-state index is -0.249. The van der Waals surface area contributed by atoms with Crippen molar-refractivity contribution in [3.63, 3.8) is 0 Å². The quantitative estimate of drug-likeness (QED) is 0.787. The first-order chi connectivity index (χ1) is 10.5. The third kappa shape index (κ3) is 4.77. The van der Waals surface area contributed by atoms with Gasteiger partial charge in [-0.05, 0) is 38.5 Å². The Morgan fingerprint density at radius 1 is 1.05 bits per heavy atom. The predicted octanol–water partition coefficient (Wildman–Crippen LogP) is 3.78. The van der Waals surface area contributed by atoms with E-state index in [4.69, 9.17) is 0 Å². The second kappa shape index (κ2) is 7.45. The maximum absolute atomic E-state index is 11.6. The first kappa shape index (κ1) is 15.8. The molecule has 22 heavy (non-hydrogen) atoms. The van der Waals surface area contributed by atoms with Gasteiger partial charge in [0.1, 0.15) is 5.82 Å². The van der Waals surface area contributed by atoms with Crippen LogP contribution in [0.25, 0.3) is 0 Å². The zero-order valence-corrected chi connectivity index (χ0v) is 13.1. The Morgan fingerprint density at radius 3 is 2.36 bits per heavy atom. The van der Waals surface area contributed by atoms with Crippen LogP contribution in [0.1, 0.15) is 32.4 Å². The van der Waals surface area contributed by atoms with Gasteiger partial charge in [0.15, 0.2) is 0 Å². The van der Waals surface area contributed by atoms with Crippen LogP contribution >= 0.6 is 0 Å². The number of rotatable bonds is 5. The van der Waals surface area contributed by atoms with Crippen LogP contribution in [-0.2, 0) is 0 Å². The highest BCUT2D eigenvalue weighted by Crippen LogP contribution is 2.19. The van der Waals surface area contributed by atoms with E-state index in [0.29, 0.717) is 5.82 Å². The van der Waals surface area contributed by atoms with Gasteiger partial charge in [-0.1, -0.05) is 30.3 Å². The van der Waals surface area contributed by atoms with Gasteiger partial charge in [-0.25, -0.2) is 9.78 Å². The molecule has 0 bridgehead atoms. The number of hydrogen-bond acceptors (Lipinski definition) is 3. The summed E-state index contributed by atoms with van der Waals surface area (Å²) in [5, 5.41) is 8.83. The minimum Gasteiger partial charge on any atom is -0.377 e. The van der Waals surface area contributed by atoms with Crippen molar-refractivity contribution in [2.45, 2.75) is 32.9 Å². The van der Waals surface area contributed by atoms with E-state index in [0.717, 1.165) is 5.69 Å². The molecule has 1 aromatic heterocycles. The average molecular weight is 298 g/mol. The van der Waals surface area contributed by atoms with Gasteiger partial charge in [0.05, 0.1) is 11.9 Å². The van der Waals surface area contributed by atoms with Crippen molar-refractivity contribution in [3.8, 4) is 0 Å². The molecular formula is C17H22N4O. The number of hydrogen-bond donors (Lipinski definition) is 3. The maximum Gasteiger partial charge on any atom is 0.320 e. The molecule has 0 aliphatic heterocycles. The Labute approximate surface area is 131 Å². The summed E-state index contributed by atoms with van der Waals surface area (Å²) in [6.45, 7) is 5.91. The fourth-order valence-corrected chi connectivity index (χ4v) is 2.04. The Bertz CT molecular complexity index is 596. The largest absolute Gasteiger partial charge is 0.377 e. The third-order valence-corrected chi connectivity index (χ3v) is 3.11. The lowest BCUT2D eigenvalue weighted by Gasteiger charge is -2.16. The molecule has 5 heteroatoms. The molecule has 1 heterocycles. The first-order valence-electron chi connectivity index (χ1n) is 7.39. The Balaban J connectivity index is 1.93. The molecule has 1 atom stereocenters. The highest BCUT2D eigenvalue weighted by atomic mass is 16.2. The summed E-state index contributed by atoms with van der Waals surface area (Å²) in [5.74, 6) is 0.524. The molecule has 0 radical (unpaired) electrons. The fourth-order valence-electron chi connectivity index (χ4n) is 2.04. The number of pyridine rings is 1. The number of urea groups is 1. The van der Waals surface area contributed by atoms with E-state index >= 15 is 0 Å². The van der Waals surface area contributed by atoms with Crippen LogP contribution in [0.4, 0.5) is 16.3 Å². The fraction of sp³-hybridized carbons (Fsp3) is 0.294. The normalized spacial score (nSPS) is 11.8. The minimum absolute atomic E-state index is 0.0904. The molecule has 0 saturated heterocycles. The smallest absolute Gasteiger partial charge is 0.320 e. The summed E-state index contributed by atoms with van der Waals surface area (Å²) in [4.78, 5) is 15.8.